The Morgan fingerprint density at radius 2 is 1.07 bits per heavy atom. The van der Waals surface area contributed by atoms with Crippen LogP contribution in [0.2, 0.25) is 0 Å². The SMILES string of the molecule is Cc1cc(C)c(NC(=O)c2ccccc2I)c(C)c1NC(=O)c1ccccc1I. The van der Waals surface area contributed by atoms with Crippen molar-refractivity contribution >= 4 is 68.4 Å². The number of carbonyl (C=O) groups is 2. The van der Waals surface area contributed by atoms with Gasteiger partial charge in [-0.2, -0.15) is 0 Å². The molecule has 0 aromatic heterocycles. The molecule has 3 rings (SSSR count). The average molecular weight is 610 g/mol. The van der Waals surface area contributed by atoms with Crippen molar-refractivity contribution in [1.29, 1.82) is 0 Å². The predicted octanol–water partition coefficient (Wildman–Crippen LogP) is 6.33. The van der Waals surface area contributed by atoms with E-state index in [0.717, 1.165) is 35.2 Å². The van der Waals surface area contributed by atoms with E-state index in [4.69, 9.17) is 0 Å². The molecule has 3 aromatic rings. The van der Waals surface area contributed by atoms with Crippen LogP contribution in [0.3, 0.4) is 0 Å². The summed E-state index contributed by atoms with van der Waals surface area (Å²) in [4.78, 5) is 25.6. The molecule has 4 nitrogen and oxygen atoms in total. The van der Waals surface area contributed by atoms with Crippen LogP contribution in [0.1, 0.15) is 37.4 Å². The van der Waals surface area contributed by atoms with E-state index >= 15 is 0 Å². The lowest BCUT2D eigenvalue weighted by atomic mass is 10.0. The van der Waals surface area contributed by atoms with Crippen LogP contribution in [0.15, 0.2) is 54.6 Å². The molecule has 3 aromatic carbocycles. The van der Waals surface area contributed by atoms with E-state index in [0.29, 0.717) is 11.1 Å². The number of anilines is 2. The molecule has 6 heteroatoms. The standard InChI is InChI=1S/C23H20I2N2O2/c1-13-12-14(2)21(27-23(29)17-9-5-7-11-19(17)25)15(3)20(13)26-22(28)16-8-4-6-10-18(16)24/h4-12H,1-3H3,(H,26,28)(H,27,29). The summed E-state index contributed by atoms with van der Waals surface area (Å²) in [6.07, 6.45) is 0. The molecular formula is C23H20I2N2O2. The summed E-state index contributed by atoms with van der Waals surface area (Å²) in [5.74, 6) is -0.333. The quantitative estimate of drug-likeness (QED) is 0.340. The smallest absolute Gasteiger partial charge is 0.256 e. The first-order chi connectivity index (χ1) is 13.8. The number of halogens is 2. The van der Waals surface area contributed by atoms with Gasteiger partial charge in [-0.15, -0.1) is 0 Å². The van der Waals surface area contributed by atoms with Gasteiger partial charge in [0.2, 0.25) is 0 Å². The first-order valence-electron chi connectivity index (χ1n) is 9.02. The minimum absolute atomic E-state index is 0.167. The fourth-order valence-electron chi connectivity index (χ4n) is 3.22. The van der Waals surface area contributed by atoms with Crippen LogP contribution in [-0.2, 0) is 0 Å². The third kappa shape index (κ3) is 4.80. The van der Waals surface area contributed by atoms with Crippen LogP contribution in [-0.4, -0.2) is 11.8 Å². The van der Waals surface area contributed by atoms with E-state index in [2.05, 4.69) is 55.8 Å². The van der Waals surface area contributed by atoms with Gasteiger partial charge >= 0.3 is 0 Å². The highest BCUT2D eigenvalue weighted by molar-refractivity contribution is 14.1. The maximum Gasteiger partial charge on any atom is 0.256 e. The van der Waals surface area contributed by atoms with E-state index in [1.165, 1.54) is 0 Å². The monoisotopic (exact) mass is 610 g/mol. The third-order valence-corrected chi connectivity index (χ3v) is 6.57. The zero-order valence-corrected chi connectivity index (χ0v) is 20.6. The molecule has 0 heterocycles. The average Bonchev–Trinajstić information content (AvgIpc) is 2.68. The van der Waals surface area contributed by atoms with Gasteiger partial charge in [0.05, 0.1) is 11.1 Å². The van der Waals surface area contributed by atoms with Gasteiger partial charge in [-0.25, -0.2) is 0 Å². The molecular weight excluding hydrogens is 590 g/mol. The molecule has 2 amide bonds. The molecule has 2 N–H and O–H groups in total. The van der Waals surface area contributed by atoms with Gasteiger partial charge < -0.3 is 10.6 Å². The predicted molar refractivity (Wildman–Crippen MR) is 135 cm³/mol. The van der Waals surface area contributed by atoms with Crippen LogP contribution in [0.4, 0.5) is 11.4 Å². The molecule has 0 saturated heterocycles. The van der Waals surface area contributed by atoms with Crippen LogP contribution in [0.25, 0.3) is 0 Å². The maximum absolute atomic E-state index is 12.8. The second-order valence-electron chi connectivity index (χ2n) is 6.75. The van der Waals surface area contributed by atoms with Crippen molar-refractivity contribution in [3.63, 3.8) is 0 Å². The lowest BCUT2D eigenvalue weighted by molar-refractivity contribution is 0.101. The van der Waals surface area contributed by atoms with Crippen molar-refractivity contribution in [2.24, 2.45) is 0 Å². The minimum Gasteiger partial charge on any atom is -0.321 e. The topological polar surface area (TPSA) is 58.2 Å². The lowest BCUT2D eigenvalue weighted by Gasteiger charge is -2.19. The van der Waals surface area contributed by atoms with Gasteiger partial charge in [0.25, 0.3) is 11.8 Å². The summed E-state index contributed by atoms with van der Waals surface area (Å²) in [6, 6.07) is 16.9. The van der Waals surface area contributed by atoms with Gasteiger partial charge in [-0.05, 0) is 107 Å². The number of aryl methyl sites for hydroxylation is 2. The molecule has 29 heavy (non-hydrogen) atoms. The maximum atomic E-state index is 12.8. The first kappa shape index (κ1) is 21.8. The van der Waals surface area contributed by atoms with E-state index in [1.807, 2.05) is 63.2 Å². The van der Waals surface area contributed by atoms with Crippen molar-refractivity contribution in [3.8, 4) is 0 Å². The lowest BCUT2D eigenvalue weighted by Crippen LogP contribution is -2.18. The number of amides is 2. The molecule has 148 valence electrons. The molecule has 0 unspecified atom stereocenters. The second-order valence-corrected chi connectivity index (χ2v) is 9.08. The zero-order chi connectivity index (χ0) is 21.1. The van der Waals surface area contributed by atoms with E-state index in [1.54, 1.807) is 12.1 Å². The summed E-state index contributed by atoms with van der Waals surface area (Å²) in [5.41, 5.74) is 5.42. The molecule has 0 saturated carbocycles. The highest BCUT2D eigenvalue weighted by Gasteiger charge is 2.18. The van der Waals surface area contributed by atoms with Crippen molar-refractivity contribution in [1.82, 2.24) is 0 Å². The van der Waals surface area contributed by atoms with Crippen LogP contribution in [0.5, 0.6) is 0 Å². The zero-order valence-electron chi connectivity index (χ0n) is 16.3. The Balaban J connectivity index is 1.94. The molecule has 0 aliphatic heterocycles. The summed E-state index contributed by atoms with van der Waals surface area (Å²) >= 11 is 4.31. The fraction of sp³-hybridized carbons (Fsp3) is 0.130. The summed E-state index contributed by atoms with van der Waals surface area (Å²) < 4.78 is 1.77. The molecule has 0 aliphatic carbocycles. The Kier molecular flexibility index (Phi) is 6.94. The van der Waals surface area contributed by atoms with Crippen molar-refractivity contribution < 1.29 is 9.59 Å². The summed E-state index contributed by atoms with van der Waals surface area (Å²) in [7, 11) is 0. The van der Waals surface area contributed by atoms with Gasteiger partial charge in [-0.1, -0.05) is 30.3 Å². The normalized spacial score (nSPS) is 10.5. The van der Waals surface area contributed by atoms with Crippen molar-refractivity contribution in [2.75, 3.05) is 10.6 Å². The van der Waals surface area contributed by atoms with Crippen LogP contribution >= 0.6 is 45.2 Å². The van der Waals surface area contributed by atoms with Crippen LogP contribution < -0.4 is 10.6 Å². The Labute approximate surface area is 197 Å². The Morgan fingerprint density at radius 3 is 1.45 bits per heavy atom. The third-order valence-electron chi connectivity index (χ3n) is 4.69. The number of nitrogens with one attached hydrogen (secondary N) is 2. The second kappa shape index (κ2) is 9.25. The molecule has 0 aliphatic rings. The molecule has 0 fully saturated rings. The van der Waals surface area contributed by atoms with Crippen LogP contribution in [0, 0.1) is 27.9 Å². The van der Waals surface area contributed by atoms with Gasteiger partial charge in [0.15, 0.2) is 0 Å². The highest BCUT2D eigenvalue weighted by atomic mass is 127. The minimum atomic E-state index is -0.167. The highest BCUT2D eigenvalue weighted by Crippen LogP contribution is 2.32. The molecule has 0 radical (unpaired) electrons. The first-order valence-corrected chi connectivity index (χ1v) is 11.2. The van der Waals surface area contributed by atoms with E-state index in [-0.39, 0.29) is 11.8 Å². The fourth-order valence-corrected chi connectivity index (χ4v) is 4.49. The van der Waals surface area contributed by atoms with Crippen molar-refractivity contribution in [3.05, 3.63) is 89.6 Å². The molecule has 0 atom stereocenters. The van der Waals surface area contributed by atoms with Gasteiger partial charge in [0, 0.05) is 18.5 Å². The number of rotatable bonds is 4. The Morgan fingerprint density at radius 1 is 0.690 bits per heavy atom. The number of benzene rings is 3. The molecule has 0 spiro atoms. The molecule has 0 bridgehead atoms. The van der Waals surface area contributed by atoms with Crippen molar-refractivity contribution in [2.45, 2.75) is 20.8 Å². The Hall–Kier alpha value is -1.94. The van der Waals surface area contributed by atoms with E-state index < -0.39 is 0 Å². The number of carbonyl (C=O) groups excluding carboxylic acids is 2. The van der Waals surface area contributed by atoms with E-state index in [9.17, 15) is 9.59 Å². The van der Waals surface area contributed by atoms with Gasteiger partial charge in [-0.3, -0.25) is 9.59 Å². The summed E-state index contributed by atoms with van der Waals surface area (Å²) in [5, 5.41) is 6.06. The number of hydrogen-bond acceptors (Lipinski definition) is 2. The summed E-state index contributed by atoms with van der Waals surface area (Å²) in [6.45, 7) is 5.83. The number of hydrogen-bond donors (Lipinski definition) is 2. The Bertz CT molecular complexity index is 1030. The largest absolute Gasteiger partial charge is 0.321 e. The van der Waals surface area contributed by atoms with Gasteiger partial charge in [0.1, 0.15) is 0 Å².